The van der Waals surface area contributed by atoms with Crippen molar-refractivity contribution in [3.63, 3.8) is 0 Å². The molecule has 1 heterocycles. The van der Waals surface area contributed by atoms with Crippen LogP contribution in [0.15, 0.2) is 10.5 Å². The van der Waals surface area contributed by atoms with E-state index in [1.807, 2.05) is 0 Å². The van der Waals surface area contributed by atoms with Crippen LogP contribution < -0.4 is 4.74 Å². The molecule has 0 saturated heterocycles. The Labute approximate surface area is 106 Å². The molecule has 0 aromatic heterocycles. The highest BCUT2D eigenvalue weighted by atomic mass is 79.9. The standard InChI is InChI=1S/C10H9BrCl2O2/c11-5-4-6(12)10-8(9(5)13)7(14)2-1-3-15-10/h4,7,14H,1-3H2/t7-/m1/s1. The molecule has 1 atom stereocenters. The Balaban J connectivity index is 2.63. The molecule has 1 aromatic rings. The van der Waals surface area contributed by atoms with Crippen molar-refractivity contribution in [3.8, 4) is 5.75 Å². The number of rotatable bonds is 0. The molecule has 2 rings (SSSR count). The molecule has 2 nitrogen and oxygen atoms in total. The Morgan fingerprint density at radius 1 is 1.47 bits per heavy atom. The first-order valence-corrected chi connectivity index (χ1v) is 6.14. The predicted molar refractivity (Wildman–Crippen MR) is 63.9 cm³/mol. The number of fused-ring (bicyclic) bond motifs is 1. The van der Waals surface area contributed by atoms with Crippen molar-refractivity contribution in [3.05, 3.63) is 26.1 Å². The lowest BCUT2D eigenvalue weighted by molar-refractivity contribution is 0.167. The second-order valence-electron chi connectivity index (χ2n) is 3.40. The summed E-state index contributed by atoms with van der Waals surface area (Å²) < 4.78 is 6.17. The van der Waals surface area contributed by atoms with E-state index in [-0.39, 0.29) is 0 Å². The Hall–Kier alpha value is 0.0400. The van der Waals surface area contributed by atoms with Crippen LogP contribution in [0.5, 0.6) is 5.75 Å². The summed E-state index contributed by atoms with van der Waals surface area (Å²) in [4.78, 5) is 0. The first-order valence-electron chi connectivity index (χ1n) is 4.59. The number of aliphatic hydroxyl groups excluding tert-OH is 1. The first-order chi connectivity index (χ1) is 7.11. The Morgan fingerprint density at radius 3 is 2.93 bits per heavy atom. The van der Waals surface area contributed by atoms with Crippen LogP contribution in [0.25, 0.3) is 0 Å². The molecule has 0 bridgehead atoms. The Kier molecular flexibility index (Phi) is 3.45. The third kappa shape index (κ3) is 2.11. The van der Waals surface area contributed by atoms with Gasteiger partial charge < -0.3 is 9.84 Å². The van der Waals surface area contributed by atoms with Gasteiger partial charge in [0.15, 0.2) is 0 Å². The van der Waals surface area contributed by atoms with E-state index in [2.05, 4.69) is 15.9 Å². The fraction of sp³-hybridized carbons (Fsp3) is 0.400. The number of hydrogen-bond acceptors (Lipinski definition) is 2. The highest BCUT2D eigenvalue weighted by Crippen LogP contribution is 2.44. The molecule has 1 aliphatic rings. The number of aliphatic hydroxyl groups is 1. The van der Waals surface area contributed by atoms with Gasteiger partial charge in [0, 0.05) is 10.0 Å². The zero-order chi connectivity index (χ0) is 11.0. The molecule has 82 valence electrons. The summed E-state index contributed by atoms with van der Waals surface area (Å²) in [6.45, 7) is 0.557. The fourth-order valence-electron chi connectivity index (χ4n) is 1.64. The van der Waals surface area contributed by atoms with Crippen LogP contribution in [0.1, 0.15) is 24.5 Å². The van der Waals surface area contributed by atoms with Gasteiger partial charge in [-0.1, -0.05) is 23.2 Å². The lowest BCUT2D eigenvalue weighted by Crippen LogP contribution is -1.99. The van der Waals surface area contributed by atoms with E-state index in [9.17, 15) is 5.11 Å². The normalized spacial score (nSPS) is 20.4. The summed E-state index contributed by atoms with van der Waals surface area (Å²) in [5, 5.41) is 10.9. The van der Waals surface area contributed by atoms with Gasteiger partial charge in [0.1, 0.15) is 5.75 Å². The van der Waals surface area contributed by atoms with Gasteiger partial charge in [-0.25, -0.2) is 0 Å². The maximum atomic E-state index is 9.93. The second-order valence-corrected chi connectivity index (χ2v) is 5.04. The van der Waals surface area contributed by atoms with Gasteiger partial charge in [-0.15, -0.1) is 0 Å². The minimum absolute atomic E-state index is 0.474. The van der Waals surface area contributed by atoms with E-state index in [0.29, 0.717) is 38.9 Å². The molecule has 0 fully saturated rings. The van der Waals surface area contributed by atoms with Gasteiger partial charge >= 0.3 is 0 Å². The third-order valence-electron chi connectivity index (χ3n) is 2.36. The van der Waals surface area contributed by atoms with E-state index in [1.165, 1.54) is 0 Å². The van der Waals surface area contributed by atoms with E-state index in [4.69, 9.17) is 27.9 Å². The van der Waals surface area contributed by atoms with Crippen molar-refractivity contribution in [1.29, 1.82) is 0 Å². The molecule has 15 heavy (non-hydrogen) atoms. The van der Waals surface area contributed by atoms with Crippen molar-refractivity contribution < 1.29 is 9.84 Å². The zero-order valence-corrected chi connectivity index (χ0v) is 10.9. The average Bonchev–Trinajstić information content (AvgIpc) is 2.37. The van der Waals surface area contributed by atoms with Gasteiger partial charge in [0.25, 0.3) is 0 Å². The number of halogens is 3. The molecular formula is C10H9BrCl2O2. The van der Waals surface area contributed by atoms with Crippen molar-refractivity contribution in [2.24, 2.45) is 0 Å². The summed E-state index contributed by atoms with van der Waals surface area (Å²) in [7, 11) is 0. The fourth-order valence-corrected chi connectivity index (χ4v) is 2.74. The SMILES string of the molecule is O[C@@H]1CCCOc2c(Cl)cc(Br)c(Cl)c21. The third-order valence-corrected chi connectivity index (χ3v) is 3.90. The summed E-state index contributed by atoms with van der Waals surface area (Å²) in [5.41, 5.74) is 0.591. The van der Waals surface area contributed by atoms with E-state index in [1.54, 1.807) is 6.07 Å². The quantitative estimate of drug-likeness (QED) is 0.735. The van der Waals surface area contributed by atoms with Crippen LogP contribution in [0, 0.1) is 0 Å². The van der Waals surface area contributed by atoms with Gasteiger partial charge in [0.05, 0.1) is 22.8 Å². The van der Waals surface area contributed by atoms with E-state index >= 15 is 0 Å². The monoisotopic (exact) mass is 310 g/mol. The van der Waals surface area contributed by atoms with Crippen LogP contribution in [-0.4, -0.2) is 11.7 Å². The highest BCUT2D eigenvalue weighted by molar-refractivity contribution is 9.10. The van der Waals surface area contributed by atoms with Crippen molar-refractivity contribution >= 4 is 39.1 Å². The maximum absolute atomic E-state index is 9.93. The van der Waals surface area contributed by atoms with Crippen LogP contribution in [0.3, 0.4) is 0 Å². The molecule has 0 spiro atoms. The minimum atomic E-state index is -0.606. The smallest absolute Gasteiger partial charge is 0.145 e. The van der Waals surface area contributed by atoms with Gasteiger partial charge in [0.2, 0.25) is 0 Å². The topological polar surface area (TPSA) is 29.5 Å². The molecule has 0 unspecified atom stereocenters. The summed E-state index contributed by atoms with van der Waals surface area (Å²) in [6.07, 6.45) is 0.824. The van der Waals surface area contributed by atoms with Crippen LogP contribution in [-0.2, 0) is 0 Å². The molecule has 0 radical (unpaired) electrons. The Bertz CT molecular complexity index is 395. The summed E-state index contributed by atoms with van der Waals surface area (Å²) in [6, 6.07) is 1.68. The van der Waals surface area contributed by atoms with E-state index < -0.39 is 6.10 Å². The second kappa shape index (κ2) is 4.50. The molecule has 0 aliphatic carbocycles. The molecule has 0 amide bonds. The molecule has 1 aromatic carbocycles. The molecule has 1 N–H and O–H groups in total. The molecule has 0 saturated carbocycles. The van der Waals surface area contributed by atoms with Crippen LogP contribution >= 0.6 is 39.1 Å². The number of ether oxygens (including phenoxy) is 1. The highest BCUT2D eigenvalue weighted by Gasteiger charge is 2.24. The largest absolute Gasteiger partial charge is 0.492 e. The van der Waals surface area contributed by atoms with Crippen LogP contribution in [0.2, 0.25) is 10.0 Å². The van der Waals surface area contributed by atoms with Gasteiger partial charge in [-0.2, -0.15) is 0 Å². The molecule has 1 aliphatic heterocycles. The summed E-state index contributed by atoms with van der Waals surface area (Å²) >= 11 is 15.4. The van der Waals surface area contributed by atoms with Gasteiger partial charge in [-0.3, -0.25) is 0 Å². The summed E-state index contributed by atoms with van der Waals surface area (Å²) in [5.74, 6) is 0.509. The van der Waals surface area contributed by atoms with Crippen molar-refractivity contribution in [1.82, 2.24) is 0 Å². The number of hydrogen-bond donors (Lipinski definition) is 1. The first kappa shape index (κ1) is 11.5. The lowest BCUT2D eigenvalue weighted by Gasteiger charge is -2.15. The van der Waals surface area contributed by atoms with Crippen molar-refractivity contribution in [2.75, 3.05) is 6.61 Å². The maximum Gasteiger partial charge on any atom is 0.145 e. The number of benzene rings is 1. The van der Waals surface area contributed by atoms with Crippen LogP contribution in [0.4, 0.5) is 0 Å². The molecule has 5 heteroatoms. The lowest BCUT2D eigenvalue weighted by atomic mass is 10.1. The molecular weight excluding hydrogens is 303 g/mol. The predicted octanol–water partition coefficient (Wildman–Crippen LogP) is 3.96. The van der Waals surface area contributed by atoms with Gasteiger partial charge in [-0.05, 0) is 34.8 Å². The zero-order valence-electron chi connectivity index (χ0n) is 7.77. The average molecular weight is 312 g/mol. The minimum Gasteiger partial charge on any atom is -0.492 e. The Morgan fingerprint density at radius 2 is 2.20 bits per heavy atom. The van der Waals surface area contributed by atoms with E-state index in [0.717, 1.165) is 6.42 Å². The van der Waals surface area contributed by atoms with Crippen molar-refractivity contribution in [2.45, 2.75) is 18.9 Å².